The highest BCUT2D eigenvalue weighted by molar-refractivity contribution is 5.94. The van der Waals surface area contributed by atoms with Crippen molar-refractivity contribution in [3.63, 3.8) is 0 Å². The highest BCUT2D eigenvalue weighted by Crippen LogP contribution is 2.31. The summed E-state index contributed by atoms with van der Waals surface area (Å²) in [5, 5.41) is 7.21. The third kappa shape index (κ3) is 3.75. The van der Waals surface area contributed by atoms with Crippen LogP contribution in [-0.2, 0) is 0 Å². The maximum absolute atomic E-state index is 12.4. The van der Waals surface area contributed by atoms with Crippen molar-refractivity contribution in [2.75, 3.05) is 20.7 Å². The van der Waals surface area contributed by atoms with E-state index in [1.165, 1.54) is 0 Å². The van der Waals surface area contributed by atoms with E-state index in [1.807, 2.05) is 61.6 Å². The number of amides is 1. The summed E-state index contributed by atoms with van der Waals surface area (Å²) in [7, 11) is 3.63. The van der Waals surface area contributed by atoms with E-state index in [4.69, 9.17) is 9.26 Å². The topological polar surface area (TPSA) is 80.5 Å². The Morgan fingerprint density at radius 1 is 1.18 bits per heavy atom. The van der Waals surface area contributed by atoms with E-state index in [-0.39, 0.29) is 18.0 Å². The van der Waals surface area contributed by atoms with Crippen molar-refractivity contribution in [3.8, 4) is 17.1 Å². The number of aromatic nitrogens is 2. The van der Waals surface area contributed by atoms with Crippen molar-refractivity contribution >= 4 is 5.91 Å². The summed E-state index contributed by atoms with van der Waals surface area (Å²) in [6, 6.07) is 16.8. The number of nitrogens with one attached hydrogen (secondary N) is 1. The van der Waals surface area contributed by atoms with Gasteiger partial charge in [-0.1, -0.05) is 23.4 Å². The first kappa shape index (κ1) is 18.2. The molecule has 0 aliphatic carbocycles. The minimum atomic E-state index is -0.0656. The molecule has 3 aromatic rings. The second-order valence-electron chi connectivity index (χ2n) is 6.91. The molecule has 2 heterocycles. The Hall–Kier alpha value is -3.19. The number of hydrogen-bond donors (Lipinski definition) is 1. The highest BCUT2D eigenvalue weighted by atomic mass is 16.5. The first-order valence-electron chi connectivity index (χ1n) is 9.18. The van der Waals surface area contributed by atoms with Crippen LogP contribution in [0.5, 0.6) is 5.75 Å². The van der Waals surface area contributed by atoms with Crippen LogP contribution in [0.25, 0.3) is 11.4 Å². The quantitative estimate of drug-likeness (QED) is 0.735. The number of carbonyl (C=O) groups is 1. The molecule has 0 radical (unpaired) electrons. The first-order valence-corrected chi connectivity index (χ1v) is 9.18. The summed E-state index contributed by atoms with van der Waals surface area (Å²) in [4.78, 5) is 19.1. The minimum absolute atomic E-state index is 0.0269. The van der Waals surface area contributed by atoms with Crippen molar-refractivity contribution in [1.82, 2.24) is 20.4 Å². The van der Waals surface area contributed by atoms with Gasteiger partial charge in [-0.2, -0.15) is 4.98 Å². The average Bonchev–Trinajstić information content (AvgIpc) is 3.35. The lowest BCUT2D eigenvalue weighted by Gasteiger charge is -2.14. The summed E-state index contributed by atoms with van der Waals surface area (Å²) in [5.74, 6) is 1.82. The molecule has 0 spiro atoms. The highest BCUT2D eigenvalue weighted by Gasteiger charge is 2.35. The van der Waals surface area contributed by atoms with E-state index < -0.39 is 0 Å². The second-order valence-corrected chi connectivity index (χ2v) is 6.91. The van der Waals surface area contributed by atoms with Gasteiger partial charge in [-0.25, -0.2) is 0 Å². The number of likely N-dealkylation sites (N-methyl/N-ethyl adjacent to an activating group) is 1. The van der Waals surface area contributed by atoms with Crippen LogP contribution in [0.1, 0.15) is 28.7 Å². The van der Waals surface area contributed by atoms with Crippen LogP contribution in [0.15, 0.2) is 59.1 Å². The third-order valence-corrected chi connectivity index (χ3v) is 4.99. The minimum Gasteiger partial charge on any atom is -0.497 e. The lowest BCUT2D eigenvalue weighted by atomic mass is 10.1. The molecule has 1 fully saturated rings. The molecule has 7 nitrogen and oxygen atoms in total. The zero-order valence-electron chi connectivity index (χ0n) is 15.8. The van der Waals surface area contributed by atoms with Gasteiger partial charge in [0.05, 0.1) is 13.2 Å². The monoisotopic (exact) mass is 378 g/mol. The number of likely N-dealkylation sites (tertiary alicyclic amines) is 1. The van der Waals surface area contributed by atoms with E-state index in [0.29, 0.717) is 17.3 Å². The standard InChI is InChI=1S/C21H22N4O3/c1-25-13-16(22-20(26)15-6-4-3-5-7-15)12-18(25)21-23-19(24-28-21)14-8-10-17(27-2)11-9-14/h3-11,16,18H,12-13H2,1-2H3,(H,22,26)/t16-,18-/m0/s1. The smallest absolute Gasteiger partial charge is 0.251 e. The number of hydrogen-bond acceptors (Lipinski definition) is 6. The Balaban J connectivity index is 1.43. The largest absolute Gasteiger partial charge is 0.497 e. The van der Waals surface area contributed by atoms with Crippen molar-refractivity contribution in [3.05, 3.63) is 66.1 Å². The van der Waals surface area contributed by atoms with E-state index >= 15 is 0 Å². The fraction of sp³-hybridized carbons (Fsp3) is 0.286. The molecule has 28 heavy (non-hydrogen) atoms. The van der Waals surface area contributed by atoms with Gasteiger partial charge in [0.25, 0.3) is 5.91 Å². The van der Waals surface area contributed by atoms with Gasteiger partial charge >= 0.3 is 0 Å². The van der Waals surface area contributed by atoms with Crippen LogP contribution in [0.2, 0.25) is 0 Å². The molecule has 0 bridgehead atoms. The molecule has 1 saturated heterocycles. The molecular formula is C21H22N4O3. The molecule has 1 aromatic heterocycles. The number of benzene rings is 2. The van der Waals surface area contributed by atoms with Gasteiger partial charge in [-0.05, 0) is 49.9 Å². The molecule has 1 aliphatic rings. The fourth-order valence-electron chi connectivity index (χ4n) is 3.48. The summed E-state index contributed by atoms with van der Waals surface area (Å²) < 4.78 is 10.7. The SMILES string of the molecule is COc1ccc(-c2noc([C@@H]3C[C@H](NC(=O)c4ccccc4)CN3C)n2)cc1. The average molecular weight is 378 g/mol. The summed E-state index contributed by atoms with van der Waals surface area (Å²) in [6.07, 6.45) is 0.722. The molecule has 7 heteroatoms. The predicted octanol–water partition coefficient (Wildman–Crippen LogP) is 2.92. The molecule has 1 N–H and O–H groups in total. The molecule has 2 atom stereocenters. The van der Waals surface area contributed by atoms with Gasteiger partial charge in [-0.3, -0.25) is 9.69 Å². The number of nitrogens with zero attached hydrogens (tertiary/aromatic N) is 3. The number of rotatable bonds is 5. The zero-order chi connectivity index (χ0) is 19.5. The van der Waals surface area contributed by atoms with E-state index in [2.05, 4.69) is 20.4 Å². The summed E-state index contributed by atoms with van der Waals surface area (Å²) in [5.41, 5.74) is 1.53. The lowest BCUT2D eigenvalue weighted by Crippen LogP contribution is -2.36. The van der Waals surface area contributed by atoms with Gasteiger partial charge < -0.3 is 14.6 Å². The Bertz CT molecular complexity index is 940. The maximum Gasteiger partial charge on any atom is 0.251 e. The Morgan fingerprint density at radius 3 is 2.64 bits per heavy atom. The fourth-order valence-corrected chi connectivity index (χ4v) is 3.48. The molecule has 144 valence electrons. The van der Waals surface area contributed by atoms with E-state index in [9.17, 15) is 4.79 Å². The van der Waals surface area contributed by atoms with Crippen molar-refractivity contribution in [2.45, 2.75) is 18.5 Å². The van der Waals surface area contributed by atoms with Crippen LogP contribution < -0.4 is 10.1 Å². The van der Waals surface area contributed by atoms with Crippen molar-refractivity contribution in [1.29, 1.82) is 0 Å². The van der Waals surface area contributed by atoms with Crippen LogP contribution >= 0.6 is 0 Å². The number of methoxy groups -OCH3 is 1. The zero-order valence-corrected chi connectivity index (χ0v) is 15.8. The van der Waals surface area contributed by atoms with Gasteiger partial charge in [0.1, 0.15) is 5.75 Å². The summed E-state index contributed by atoms with van der Waals surface area (Å²) >= 11 is 0. The van der Waals surface area contributed by atoms with E-state index in [0.717, 1.165) is 24.3 Å². The Kier molecular flexibility index (Phi) is 5.08. The van der Waals surface area contributed by atoms with Gasteiger partial charge in [0.15, 0.2) is 0 Å². The van der Waals surface area contributed by atoms with Gasteiger partial charge in [0.2, 0.25) is 11.7 Å². The molecule has 4 rings (SSSR count). The Morgan fingerprint density at radius 2 is 1.93 bits per heavy atom. The van der Waals surface area contributed by atoms with Gasteiger partial charge in [0, 0.05) is 23.7 Å². The maximum atomic E-state index is 12.4. The van der Waals surface area contributed by atoms with Crippen LogP contribution in [0.3, 0.4) is 0 Å². The van der Waals surface area contributed by atoms with E-state index in [1.54, 1.807) is 7.11 Å². The molecule has 1 amide bonds. The molecule has 1 aliphatic heterocycles. The number of ether oxygens (including phenoxy) is 1. The van der Waals surface area contributed by atoms with Gasteiger partial charge in [-0.15, -0.1) is 0 Å². The van der Waals surface area contributed by atoms with Crippen molar-refractivity contribution < 1.29 is 14.1 Å². The molecule has 2 aromatic carbocycles. The van der Waals surface area contributed by atoms with Crippen LogP contribution in [0.4, 0.5) is 0 Å². The molecule has 0 unspecified atom stereocenters. The predicted molar refractivity (Wildman–Crippen MR) is 104 cm³/mol. The first-order chi connectivity index (χ1) is 13.6. The lowest BCUT2D eigenvalue weighted by molar-refractivity contribution is 0.0938. The van der Waals surface area contributed by atoms with Crippen LogP contribution in [0, 0.1) is 0 Å². The van der Waals surface area contributed by atoms with Crippen molar-refractivity contribution in [2.24, 2.45) is 0 Å². The summed E-state index contributed by atoms with van der Waals surface area (Å²) in [6.45, 7) is 0.726. The molecular weight excluding hydrogens is 356 g/mol. The Labute approximate surface area is 163 Å². The second kappa shape index (κ2) is 7.82. The normalized spacial score (nSPS) is 19.5. The van der Waals surface area contributed by atoms with Crippen LogP contribution in [-0.4, -0.2) is 47.7 Å². The number of carbonyl (C=O) groups excluding carboxylic acids is 1. The molecule has 0 saturated carbocycles. The third-order valence-electron chi connectivity index (χ3n) is 4.99.